The smallest absolute Gasteiger partial charge is 0.488 e. The van der Waals surface area contributed by atoms with Crippen molar-refractivity contribution in [1.29, 1.82) is 0 Å². The van der Waals surface area contributed by atoms with Crippen LogP contribution in [-0.4, -0.2) is 52.3 Å². The first-order chi connectivity index (χ1) is 19.7. The van der Waals surface area contributed by atoms with Crippen LogP contribution >= 0.6 is 0 Å². The molecule has 2 aromatic carbocycles. The Bertz CT molecular complexity index is 1360. The molecular formula is C31H37B2NO7. The second-order valence-corrected chi connectivity index (χ2v) is 11.3. The number of amides is 2. The highest BCUT2D eigenvalue weighted by Crippen LogP contribution is 2.52. The van der Waals surface area contributed by atoms with Gasteiger partial charge in [-0.25, -0.2) is 0 Å². The summed E-state index contributed by atoms with van der Waals surface area (Å²) < 4.78 is 6.13. The zero-order valence-corrected chi connectivity index (χ0v) is 23.6. The third kappa shape index (κ3) is 5.93. The number of imide groups is 1. The van der Waals surface area contributed by atoms with E-state index in [0.717, 1.165) is 42.4 Å². The number of hydrogen-bond acceptors (Lipinski definition) is 7. The molecule has 4 N–H and O–H groups in total. The second kappa shape index (κ2) is 12.4. The number of rotatable bonds is 9. The van der Waals surface area contributed by atoms with Crippen LogP contribution in [0.4, 0.5) is 5.69 Å². The molecule has 0 bridgehead atoms. The molecule has 3 aliphatic rings. The lowest BCUT2D eigenvalue weighted by Crippen LogP contribution is -2.46. The quantitative estimate of drug-likeness (QED) is 0.211. The Morgan fingerprint density at radius 3 is 2.54 bits per heavy atom. The summed E-state index contributed by atoms with van der Waals surface area (Å²) in [6.45, 7) is 4.19. The molecule has 2 heterocycles. The van der Waals surface area contributed by atoms with E-state index >= 15 is 0 Å². The minimum atomic E-state index is -1.71. The lowest BCUT2D eigenvalue weighted by atomic mass is 9.58. The molecule has 41 heavy (non-hydrogen) atoms. The van der Waals surface area contributed by atoms with Crippen molar-refractivity contribution in [3.05, 3.63) is 70.8 Å². The van der Waals surface area contributed by atoms with Crippen molar-refractivity contribution in [3.8, 4) is 5.75 Å². The van der Waals surface area contributed by atoms with Crippen molar-refractivity contribution in [3.63, 3.8) is 0 Å². The van der Waals surface area contributed by atoms with Crippen molar-refractivity contribution in [2.45, 2.75) is 64.8 Å². The van der Waals surface area contributed by atoms with Crippen LogP contribution in [0.5, 0.6) is 5.75 Å². The van der Waals surface area contributed by atoms with E-state index in [-0.39, 0.29) is 41.4 Å². The Kier molecular flexibility index (Phi) is 8.85. The van der Waals surface area contributed by atoms with Crippen molar-refractivity contribution in [2.24, 2.45) is 17.8 Å². The molecule has 0 aromatic heterocycles. The van der Waals surface area contributed by atoms with Gasteiger partial charge in [0.2, 0.25) is 11.8 Å². The predicted octanol–water partition coefficient (Wildman–Crippen LogP) is 3.45. The molecule has 0 spiro atoms. The van der Waals surface area contributed by atoms with Crippen molar-refractivity contribution < 1.29 is 34.4 Å². The maximum Gasteiger partial charge on any atom is 0.488 e. The average Bonchev–Trinajstić information content (AvgIpc) is 3.21. The zero-order chi connectivity index (χ0) is 29.3. The third-order valence-electron chi connectivity index (χ3n) is 8.73. The van der Waals surface area contributed by atoms with Crippen molar-refractivity contribution in [1.82, 2.24) is 0 Å². The number of benzene rings is 2. The number of fused-ring (bicyclic) bond motifs is 3. The highest BCUT2D eigenvalue weighted by atomic mass is 16.5. The van der Waals surface area contributed by atoms with Gasteiger partial charge in [0.25, 0.3) is 0 Å². The topological polar surface area (TPSA) is 128 Å². The molecule has 2 amide bonds. The van der Waals surface area contributed by atoms with Gasteiger partial charge in [-0.1, -0.05) is 61.8 Å². The highest BCUT2D eigenvalue weighted by Gasteiger charge is 2.57. The monoisotopic (exact) mass is 557 g/mol. The van der Waals surface area contributed by atoms with Gasteiger partial charge in [0.15, 0.2) is 0 Å². The largest absolute Gasteiger partial charge is 0.508 e. The van der Waals surface area contributed by atoms with Gasteiger partial charge in [0.1, 0.15) is 5.75 Å². The van der Waals surface area contributed by atoms with Gasteiger partial charge >= 0.3 is 14.2 Å². The standard InChI is InChI=1S/C31H37B2NO7/c1-3-6-21-16-25-29(31(37)34(30(25)36)23-8-5-7-22(17-23)33(39)40)26-18-32(38)41-27(28(21)26)14-11-19(4-2)15-20-9-12-24(35)13-10-20/h5,7-10,12-13,15,17,25-27,29,35,38-40H,3-4,6,11,14,16,18H2,1-2H3/b19-15+/t25-,26+,27-,29-/m1/s1. The molecule has 2 aromatic rings. The maximum absolute atomic E-state index is 13.9. The maximum atomic E-state index is 13.9. The van der Waals surface area contributed by atoms with Crippen LogP contribution in [-0.2, 0) is 14.2 Å². The van der Waals surface area contributed by atoms with Gasteiger partial charge in [-0.3, -0.25) is 14.5 Å². The summed E-state index contributed by atoms with van der Waals surface area (Å²) in [5.74, 6) is -1.79. The van der Waals surface area contributed by atoms with Crippen LogP contribution in [0.3, 0.4) is 0 Å². The highest BCUT2D eigenvalue weighted by molar-refractivity contribution is 6.58. The van der Waals surface area contributed by atoms with Crippen LogP contribution in [0.2, 0.25) is 6.32 Å². The van der Waals surface area contributed by atoms with E-state index < -0.39 is 26.1 Å². The first-order valence-electron chi connectivity index (χ1n) is 14.6. The van der Waals surface area contributed by atoms with Crippen molar-refractivity contribution in [2.75, 3.05) is 4.90 Å². The summed E-state index contributed by atoms with van der Waals surface area (Å²) >= 11 is 0. The van der Waals surface area contributed by atoms with E-state index in [0.29, 0.717) is 18.5 Å². The number of allylic oxidation sites excluding steroid dienone is 2. The van der Waals surface area contributed by atoms with Gasteiger partial charge in [-0.15, -0.1) is 0 Å². The van der Waals surface area contributed by atoms with Gasteiger partial charge in [0, 0.05) is 0 Å². The van der Waals surface area contributed by atoms with E-state index in [2.05, 4.69) is 19.9 Å². The molecule has 5 rings (SSSR count). The molecule has 0 saturated carbocycles. The van der Waals surface area contributed by atoms with E-state index in [9.17, 15) is 29.8 Å². The number of anilines is 1. The number of carbonyl (C=O) groups is 2. The van der Waals surface area contributed by atoms with Gasteiger partial charge in [0.05, 0.1) is 23.6 Å². The van der Waals surface area contributed by atoms with Gasteiger partial charge < -0.3 is 24.8 Å². The van der Waals surface area contributed by atoms with Gasteiger partial charge in [-0.2, -0.15) is 0 Å². The summed E-state index contributed by atoms with van der Waals surface area (Å²) in [6, 6.07) is 13.3. The number of aromatic hydroxyl groups is 1. The molecule has 0 radical (unpaired) electrons. The minimum Gasteiger partial charge on any atom is -0.508 e. The van der Waals surface area contributed by atoms with E-state index in [1.807, 2.05) is 12.1 Å². The molecule has 2 fully saturated rings. The Labute approximate surface area is 241 Å². The van der Waals surface area contributed by atoms with Crippen LogP contribution in [0.15, 0.2) is 65.3 Å². The first kappa shape index (κ1) is 29.3. The Morgan fingerprint density at radius 2 is 1.85 bits per heavy atom. The normalized spacial score (nSPS) is 24.6. The lowest BCUT2D eigenvalue weighted by molar-refractivity contribution is -0.122. The van der Waals surface area contributed by atoms with E-state index in [1.54, 1.807) is 24.3 Å². The lowest BCUT2D eigenvalue weighted by Gasteiger charge is -2.43. The van der Waals surface area contributed by atoms with Crippen LogP contribution in [0, 0.1) is 17.8 Å². The summed E-state index contributed by atoms with van der Waals surface area (Å²) in [5.41, 5.74) is 4.97. The molecule has 0 unspecified atom stereocenters. The summed E-state index contributed by atoms with van der Waals surface area (Å²) in [5, 5.41) is 39.7. The number of phenols is 1. The fourth-order valence-corrected chi connectivity index (χ4v) is 6.86. The van der Waals surface area contributed by atoms with Crippen LogP contribution in [0.25, 0.3) is 6.08 Å². The Morgan fingerprint density at radius 1 is 1.10 bits per heavy atom. The van der Waals surface area contributed by atoms with Crippen molar-refractivity contribution >= 4 is 43.3 Å². The molecule has 2 saturated heterocycles. The fraction of sp³-hybridized carbons (Fsp3) is 0.419. The molecule has 8 nitrogen and oxygen atoms in total. The SMILES string of the molecule is CCCC1=C2[C@@H](CC/C(=C/c3ccc(O)cc3)CC)OB(O)C[C@@H]2[C@@H]2C(=O)N(c3cccc(B(O)O)c3)C(=O)[C@@H]2C1. The predicted molar refractivity (Wildman–Crippen MR) is 159 cm³/mol. The molecule has 214 valence electrons. The summed E-state index contributed by atoms with van der Waals surface area (Å²) in [6.07, 6.45) is 6.41. The zero-order valence-electron chi connectivity index (χ0n) is 23.6. The molecular weight excluding hydrogens is 520 g/mol. The Hall–Kier alpha value is -3.17. The van der Waals surface area contributed by atoms with E-state index in [1.165, 1.54) is 22.6 Å². The number of carbonyl (C=O) groups excluding carboxylic acids is 2. The van der Waals surface area contributed by atoms with Crippen LogP contribution < -0.4 is 10.4 Å². The van der Waals surface area contributed by atoms with E-state index in [4.69, 9.17) is 4.65 Å². The minimum absolute atomic E-state index is 0.206. The first-order valence-corrected chi connectivity index (χ1v) is 14.6. The Balaban J connectivity index is 1.44. The number of phenolic OH excluding ortho intramolecular Hbond substituents is 1. The summed E-state index contributed by atoms with van der Waals surface area (Å²) in [4.78, 5) is 28.8. The second-order valence-electron chi connectivity index (χ2n) is 11.3. The van der Waals surface area contributed by atoms with Gasteiger partial charge in [-0.05, 0) is 85.2 Å². The number of hydrogen-bond donors (Lipinski definition) is 4. The average molecular weight is 557 g/mol. The fourth-order valence-electron chi connectivity index (χ4n) is 6.86. The summed E-state index contributed by atoms with van der Waals surface area (Å²) in [7, 11) is -2.75. The number of nitrogens with zero attached hydrogens (tertiary/aromatic N) is 1. The molecule has 2 aliphatic heterocycles. The molecule has 4 atom stereocenters. The van der Waals surface area contributed by atoms with Crippen LogP contribution in [0.1, 0.15) is 57.9 Å². The molecule has 10 heteroatoms. The third-order valence-corrected chi connectivity index (χ3v) is 8.73. The molecule has 1 aliphatic carbocycles.